The van der Waals surface area contributed by atoms with Gasteiger partial charge in [-0.25, -0.2) is 4.98 Å². The van der Waals surface area contributed by atoms with Crippen molar-refractivity contribution in [3.63, 3.8) is 0 Å². The van der Waals surface area contributed by atoms with Crippen LogP contribution in [0.5, 0.6) is 0 Å². The van der Waals surface area contributed by atoms with Crippen LogP contribution in [0.4, 0.5) is 5.13 Å². The second-order valence-electron chi connectivity index (χ2n) is 4.95. The Hall–Kier alpha value is -1.38. The van der Waals surface area contributed by atoms with Crippen molar-refractivity contribution in [3.05, 3.63) is 21.6 Å². The summed E-state index contributed by atoms with van der Waals surface area (Å²) in [4.78, 5) is 18.4. The molecular formula is C13H17N5OS2. The number of rotatable bonds is 4. The number of carbonyl (C=O) groups excluding carboxylic acids is 1. The van der Waals surface area contributed by atoms with Crippen LogP contribution in [-0.4, -0.2) is 33.6 Å². The van der Waals surface area contributed by atoms with Gasteiger partial charge in [-0.1, -0.05) is 11.4 Å². The van der Waals surface area contributed by atoms with E-state index in [1.807, 2.05) is 13.1 Å². The summed E-state index contributed by atoms with van der Waals surface area (Å²) in [5, 5.41) is 10.8. The van der Waals surface area contributed by atoms with Crippen LogP contribution in [0.2, 0.25) is 0 Å². The molecule has 0 aliphatic carbocycles. The van der Waals surface area contributed by atoms with Gasteiger partial charge in [0.2, 0.25) is 0 Å². The fourth-order valence-electron chi connectivity index (χ4n) is 2.41. The van der Waals surface area contributed by atoms with E-state index in [1.165, 1.54) is 4.88 Å². The minimum absolute atomic E-state index is 0.159. The van der Waals surface area contributed by atoms with Gasteiger partial charge in [-0.15, -0.1) is 16.4 Å². The molecule has 2 N–H and O–H groups in total. The Bertz CT molecular complexity index is 618. The molecule has 0 spiro atoms. The van der Waals surface area contributed by atoms with Gasteiger partial charge in [0.15, 0.2) is 5.13 Å². The lowest BCUT2D eigenvalue weighted by molar-refractivity contribution is 0.102. The molecule has 3 rings (SSSR count). The molecule has 0 saturated carbocycles. The molecule has 1 aliphatic heterocycles. The molecule has 0 unspecified atom stereocenters. The van der Waals surface area contributed by atoms with Gasteiger partial charge in [0.05, 0.1) is 5.69 Å². The first-order chi connectivity index (χ1) is 10.3. The second kappa shape index (κ2) is 6.59. The van der Waals surface area contributed by atoms with Crippen molar-refractivity contribution in [2.45, 2.75) is 32.1 Å². The van der Waals surface area contributed by atoms with Crippen LogP contribution >= 0.6 is 22.9 Å². The highest BCUT2D eigenvalue weighted by Crippen LogP contribution is 2.31. The number of anilines is 1. The molecule has 3 heterocycles. The summed E-state index contributed by atoms with van der Waals surface area (Å²) in [5.74, 6) is 0.402. The van der Waals surface area contributed by atoms with E-state index in [-0.39, 0.29) is 5.91 Å². The van der Waals surface area contributed by atoms with Gasteiger partial charge in [0.1, 0.15) is 4.88 Å². The zero-order valence-electron chi connectivity index (χ0n) is 11.8. The minimum atomic E-state index is -0.159. The summed E-state index contributed by atoms with van der Waals surface area (Å²) in [6.07, 6.45) is 4.86. The van der Waals surface area contributed by atoms with Crippen molar-refractivity contribution >= 4 is 33.9 Å². The fraction of sp³-hybridized carbons (Fsp3) is 0.538. The molecule has 8 heteroatoms. The van der Waals surface area contributed by atoms with Gasteiger partial charge in [-0.3, -0.25) is 10.1 Å². The number of nitrogens with one attached hydrogen (secondary N) is 2. The van der Waals surface area contributed by atoms with Crippen LogP contribution in [-0.2, 0) is 6.42 Å². The predicted molar refractivity (Wildman–Crippen MR) is 84.2 cm³/mol. The van der Waals surface area contributed by atoms with E-state index in [9.17, 15) is 4.79 Å². The van der Waals surface area contributed by atoms with Gasteiger partial charge in [0, 0.05) is 11.1 Å². The summed E-state index contributed by atoms with van der Waals surface area (Å²) in [6.45, 7) is 4.07. The molecule has 21 heavy (non-hydrogen) atoms. The smallest absolute Gasteiger partial charge is 0.271 e. The number of thiazole rings is 1. The monoisotopic (exact) mass is 323 g/mol. The standard InChI is InChI=1S/C13H17N5OS2/c1-2-9-11(21-18-17-9)12(19)16-13-15-7-10(20-13)8-3-5-14-6-4-8/h7-8,14H,2-6H2,1H3,(H,15,16,19). The van der Waals surface area contributed by atoms with Gasteiger partial charge in [-0.05, 0) is 49.8 Å². The van der Waals surface area contributed by atoms with E-state index < -0.39 is 0 Å². The highest BCUT2D eigenvalue weighted by Gasteiger charge is 2.20. The van der Waals surface area contributed by atoms with Crippen molar-refractivity contribution in [2.75, 3.05) is 18.4 Å². The third-order valence-electron chi connectivity index (χ3n) is 3.58. The van der Waals surface area contributed by atoms with Crippen LogP contribution in [0, 0.1) is 0 Å². The Labute approximate surface area is 131 Å². The van der Waals surface area contributed by atoms with Gasteiger partial charge in [0.25, 0.3) is 5.91 Å². The first-order valence-electron chi connectivity index (χ1n) is 7.07. The molecule has 0 atom stereocenters. The molecule has 2 aromatic rings. The number of carbonyl (C=O) groups is 1. The fourth-order valence-corrected chi connectivity index (χ4v) is 4.03. The van der Waals surface area contributed by atoms with Crippen molar-refractivity contribution in [1.82, 2.24) is 19.9 Å². The summed E-state index contributed by atoms with van der Waals surface area (Å²) >= 11 is 2.70. The Morgan fingerprint density at radius 1 is 1.48 bits per heavy atom. The summed E-state index contributed by atoms with van der Waals surface area (Å²) in [5.41, 5.74) is 0.743. The number of hydrogen-bond donors (Lipinski definition) is 2. The molecule has 1 aliphatic rings. The van der Waals surface area contributed by atoms with E-state index >= 15 is 0 Å². The maximum absolute atomic E-state index is 12.2. The highest BCUT2D eigenvalue weighted by atomic mass is 32.1. The van der Waals surface area contributed by atoms with Gasteiger partial charge >= 0.3 is 0 Å². The lowest BCUT2D eigenvalue weighted by Gasteiger charge is -2.20. The van der Waals surface area contributed by atoms with E-state index in [2.05, 4.69) is 25.2 Å². The normalized spacial score (nSPS) is 16.0. The number of piperidine rings is 1. The van der Waals surface area contributed by atoms with E-state index in [1.54, 1.807) is 11.3 Å². The third-order valence-corrected chi connectivity index (χ3v) is 5.42. The van der Waals surface area contributed by atoms with Crippen LogP contribution in [0.1, 0.15) is 45.9 Å². The molecule has 6 nitrogen and oxygen atoms in total. The largest absolute Gasteiger partial charge is 0.317 e. The molecule has 2 aromatic heterocycles. The van der Waals surface area contributed by atoms with Gasteiger partial charge < -0.3 is 5.32 Å². The maximum atomic E-state index is 12.2. The molecule has 0 aromatic carbocycles. The Morgan fingerprint density at radius 2 is 2.29 bits per heavy atom. The lowest BCUT2D eigenvalue weighted by atomic mass is 9.97. The highest BCUT2D eigenvalue weighted by molar-refractivity contribution is 7.16. The molecular weight excluding hydrogens is 306 g/mol. The molecule has 0 bridgehead atoms. The van der Waals surface area contributed by atoms with Crippen LogP contribution in [0.3, 0.4) is 0 Å². The summed E-state index contributed by atoms with van der Waals surface area (Å²) < 4.78 is 3.84. The number of hydrogen-bond acceptors (Lipinski definition) is 7. The third kappa shape index (κ3) is 3.28. The molecule has 112 valence electrons. The molecule has 1 amide bonds. The first kappa shape index (κ1) is 14.6. The van der Waals surface area contributed by atoms with Crippen molar-refractivity contribution in [2.24, 2.45) is 0 Å². The molecule has 0 radical (unpaired) electrons. The topological polar surface area (TPSA) is 79.8 Å². The number of aromatic nitrogens is 3. The average Bonchev–Trinajstić information content (AvgIpc) is 3.16. The van der Waals surface area contributed by atoms with Crippen LogP contribution in [0.15, 0.2) is 6.20 Å². The first-order valence-corrected chi connectivity index (χ1v) is 8.66. The van der Waals surface area contributed by atoms with Crippen LogP contribution < -0.4 is 10.6 Å². The minimum Gasteiger partial charge on any atom is -0.317 e. The molecule has 1 fully saturated rings. The van der Waals surface area contributed by atoms with Gasteiger partial charge in [-0.2, -0.15) is 0 Å². The van der Waals surface area contributed by atoms with E-state index in [4.69, 9.17) is 0 Å². The quantitative estimate of drug-likeness (QED) is 0.902. The van der Waals surface area contributed by atoms with Crippen molar-refractivity contribution < 1.29 is 4.79 Å². The molecule has 1 saturated heterocycles. The Kier molecular flexibility index (Phi) is 4.57. The Morgan fingerprint density at radius 3 is 3.05 bits per heavy atom. The zero-order chi connectivity index (χ0) is 14.7. The number of nitrogens with zero attached hydrogens (tertiary/aromatic N) is 3. The lowest BCUT2D eigenvalue weighted by Crippen LogP contribution is -2.26. The predicted octanol–water partition coefficient (Wildman–Crippen LogP) is 2.28. The number of amides is 1. The van der Waals surface area contributed by atoms with Crippen LogP contribution in [0.25, 0.3) is 0 Å². The number of aryl methyl sites for hydroxylation is 1. The summed E-state index contributed by atoms with van der Waals surface area (Å²) in [7, 11) is 0. The second-order valence-corrected chi connectivity index (χ2v) is 6.76. The summed E-state index contributed by atoms with van der Waals surface area (Å²) in [6, 6.07) is 0. The SMILES string of the molecule is CCc1nnsc1C(=O)Nc1ncc(C2CCNCC2)s1. The van der Waals surface area contributed by atoms with E-state index in [0.29, 0.717) is 22.3 Å². The Balaban J connectivity index is 1.68. The average molecular weight is 323 g/mol. The van der Waals surface area contributed by atoms with E-state index in [0.717, 1.165) is 43.2 Å². The maximum Gasteiger partial charge on any atom is 0.271 e. The van der Waals surface area contributed by atoms with Crippen molar-refractivity contribution in [3.8, 4) is 0 Å². The van der Waals surface area contributed by atoms with Crippen molar-refractivity contribution in [1.29, 1.82) is 0 Å². The zero-order valence-corrected chi connectivity index (χ0v) is 13.4.